The van der Waals surface area contributed by atoms with E-state index < -0.39 is 0 Å². The minimum atomic E-state index is -0.0253. The molecule has 0 saturated carbocycles. The lowest BCUT2D eigenvalue weighted by Crippen LogP contribution is -2.18. The first-order chi connectivity index (χ1) is 9.60. The first-order valence-corrected chi connectivity index (χ1v) is 7.48. The molecule has 0 fully saturated rings. The van der Waals surface area contributed by atoms with Gasteiger partial charge in [0, 0.05) is 23.0 Å². The number of nitrogens with two attached hydrogens (primary N) is 1. The molecule has 1 amide bonds. The van der Waals surface area contributed by atoms with E-state index in [9.17, 15) is 4.79 Å². The molecule has 1 aromatic carbocycles. The Hall–Kier alpha value is -1.27. The highest BCUT2D eigenvalue weighted by Gasteiger charge is 2.16. The summed E-state index contributed by atoms with van der Waals surface area (Å²) >= 11 is 3.43. The Balaban J connectivity index is 2.00. The van der Waals surface area contributed by atoms with Crippen LogP contribution in [0.3, 0.4) is 0 Å². The fourth-order valence-corrected chi connectivity index (χ4v) is 2.29. The van der Waals surface area contributed by atoms with Gasteiger partial charge >= 0.3 is 0 Å². The largest absolute Gasteiger partial charge is 0.486 e. The van der Waals surface area contributed by atoms with Gasteiger partial charge in [-0.2, -0.15) is 0 Å². The van der Waals surface area contributed by atoms with Gasteiger partial charge < -0.3 is 20.5 Å². The zero-order valence-corrected chi connectivity index (χ0v) is 13.0. The molecule has 0 bridgehead atoms. The molecule has 0 saturated heterocycles. The van der Waals surface area contributed by atoms with Crippen LogP contribution in [0.1, 0.15) is 19.8 Å². The molecular weight excluding hydrogens is 324 g/mol. The van der Waals surface area contributed by atoms with Crippen molar-refractivity contribution in [2.24, 2.45) is 11.7 Å². The van der Waals surface area contributed by atoms with Crippen LogP contribution in [0.5, 0.6) is 11.5 Å². The van der Waals surface area contributed by atoms with Crippen molar-refractivity contribution in [3.63, 3.8) is 0 Å². The van der Waals surface area contributed by atoms with Gasteiger partial charge in [0.15, 0.2) is 11.5 Å². The van der Waals surface area contributed by atoms with Crippen LogP contribution in [0.4, 0.5) is 5.69 Å². The third kappa shape index (κ3) is 3.86. The number of carbonyl (C=O) groups is 1. The number of ether oxygens (including phenoxy) is 2. The first-order valence-electron chi connectivity index (χ1n) is 6.69. The summed E-state index contributed by atoms with van der Waals surface area (Å²) in [7, 11) is 0. The van der Waals surface area contributed by atoms with Gasteiger partial charge in [0.25, 0.3) is 0 Å². The number of halogens is 1. The van der Waals surface area contributed by atoms with Crippen molar-refractivity contribution in [1.29, 1.82) is 0 Å². The number of hydrogen-bond donors (Lipinski definition) is 2. The second-order valence-electron chi connectivity index (χ2n) is 4.90. The van der Waals surface area contributed by atoms with Crippen molar-refractivity contribution in [2.45, 2.75) is 19.8 Å². The lowest BCUT2D eigenvalue weighted by atomic mass is 10.1. The number of carbonyl (C=O) groups excluding carboxylic acids is 1. The quantitative estimate of drug-likeness (QED) is 0.862. The first kappa shape index (κ1) is 15.1. The molecule has 0 aromatic heterocycles. The molecule has 3 N–H and O–H groups in total. The molecule has 1 heterocycles. The Labute approximate surface area is 126 Å². The number of benzene rings is 1. The van der Waals surface area contributed by atoms with E-state index in [1.54, 1.807) is 6.07 Å². The van der Waals surface area contributed by atoms with E-state index in [0.717, 1.165) is 10.9 Å². The summed E-state index contributed by atoms with van der Waals surface area (Å²) in [5.74, 6) is 1.68. The Kier molecular flexibility index (Phi) is 5.25. The summed E-state index contributed by atoms with van der Waals surface area (Å²) in [5, 5.41) is 2.88. The van der Waals surface area contributed by atoms with Gasteiger partial charge in [-0.1, -0.05) is 6.92 Å². The van der Waals surface area contributed by atoms with Crippen LogP contribution in [-0.4, -0.2) is 25.7 Å². The molecule has 20 heavy (non-hydrogen) atoms. The van der Waals surface area contributed by atoms with E-state index in [1.165, 1.54) is 0 Å². The minimum Gasteiger partial charge on any atom is -0.486 e. The standard InChI is InChI=1S/C14H19BrN2O3/c1-9(8-16)2-3-14(18)17-11-7-13-12(6-10(11)15)19-4-5-20-13/h6-7,9H,2-5,8,16H2,1H3,(H,17,18). The monoisotopic (exact) mass is 342 g/mol. The van der Waals surface area contributed by atoms with E-state index in [1.807, 2.05) is 13.0 Å². The highest BCUT2D eigenvalue weighted by molar-refractivity contribution is 9.10. The number of anilines is 1. The zero-order chi connectivity index (χ0) is 14.5. The highest BCUT2D eigenvalue weighted by atomic mass is 79.9. The average molecular weight is 343 g/mol. The maximum absolute atomic E-state index is 11.9. The lowest BCUT2D eigenvalue weighted by Gasteiger charge is -2.20. The summed E-state index contributed by atoms with van der Waals surface area (Å²) in [6, 6.07) is 3.59. The van der Waals surface area contributed by atoms with Gasteiger partial charge in [-0.05, 0) is 34.8 Å². The molecule has 5 nitrogen and oxygen atoms in total. The van der Waals surface area contributed by atoms with E-state index in [0.29, 0.717) is 49.3 Å². The predicted molar refractivity (Wildman–Crippen MR) is 81.2 cm³/mol. The number of rotatable bonds is 5. The summed E-state index contributed by atoms with van der Waals surface area (Å²) in [5.41, 5.74) is 6.24. The van der Waals surface area contributed by atoms with Gasteiger partial charge in [0.2, 0.25) is 5.91 Å². The average Bonchev–Trinajstić information content (AvgIpc) is 2.45. The molecule has 110 valence electrons. The summed E-state index contributed by atoms with van der Waals surface area (Å²) < 4.78 is 11.8. The fourth-order valence-electron chi connectivity index (χ4n) is 1.87. The Morgan fingerprint density at radius 3 is 2.70 bits per heavy atom. The predicted octanol–water partition coefficient (Wildman–Crippen LogP) is 2.53. The van der Waals surface area contributed by atoms with E-state index in [4.69, 9.17) is 15.2 Å². The second kappa shape index (κ2) is 6.95. The van der Waals surface area contributed by atoms with Crippen molar-refractivity contribution < 1.29 is 14.3 Å². The Bertz CT molecular complexity index is 494. The number of nitrogens with one attached hydrogen (secondary N) is 1. The van der Waals surface area contributed by atoms with Crippen LogP contribution in [-0.2, 0) is 4.79 Å². The molecule has 0 spiro atoms. The van der Waals surface area contributed by atoms with Crippen LogP contribution in [0.15, 0.2) is 16.6 Å². The molecule has 1 atom stereocenters. The molecule has 2 rings (SSSR count). The van der Waals surface area contributed by atoms with Crippen LogP contribution in [0.25, 0.3) is 0 Å². The molecule has 1 aromatic rings. The molecule has 0 aliphatic carbocycles. The summed E-state index contributed by atoms with van der Waals surface area (Å²) in [4.78, 5) is 11.9. The van der Waals surface area contributed by atoms with Crippen molar-refractivity contribution in [1.82, 2.24) is 0 Å². The van der Waals surface area contributed by atoms with Crippen molar-refractivity contribution in [2.75, 3.05) is 25.1 Å². The Morgan fingerprint density at radius 2 is 2.05 bits per heavy atom. The third-order valence-corrected chi connectivity index (χ3v) is 3.83. The van der Waals surface area contributed by atoms with Crippen LogP contribution in [0.2, 0.25) is 0 Å². The minimum absolute atomic E-state index is 0.0253. The second-order valence-corrected chi connectivity index (χ2v) is 5.76. The maximum Gasteiger partial charge on any atom is 0.224 e. The lowest BCUT2D eigenvalue weighted by molar-refractivity contribution is -0.116. The topological polar surface area (TPSA) is 73.6 Å². The van der Waals surface area contributed by atoms with E-state index in [-0.39, 0.29) is 5.91 Å². The van der Waals surface area contributed by atoms with E-state index >= 15 is 0 Å². The normalized spacial score (nSPS) is 14.8. The maximum atomic E-state index is 11.9. The molecule has 1 aliphatic heterocycles. The van der Waals surface area contributed by atoms with E-state index in [2.05, 4.69) is 21.2 Å². The van der Waals surface area contributed by atoms with Gasteiger partial charge in [0.05, 0.1) is 5.69 Å². The van der Waals surface area contributed by atoms with Crippen LogP contribution < -0.4 is 20.5 Å². The summed E-state index contributed by atoms with van der Waals surface area (Å²) in [6.07, 6.45) is 1.24. The van der Waals surface area contributed by atoms with Gasteiger partial charge in [0.1, 0.15) is 13.2 Å². The third-order valence-electron chi connectivity index (χ3n) is 3.17. The van der Waals surface area contributed by atoms with Crippen LogP contribution in [0, 0.1) is 5.92 Å². The number of amides is 1. The van der Waals surface area contributed by atoms with Crippen molar-refractivity contribution in [3.05, 3.63) is 16.6 Å². The smallest absolute Gasteiger partial charge is 0.224 e. The van der Waals surface area contributed by atoms with Crippen molar-refractivity contribution in [3.8, 4) is 11.5 Å². The molecule has 0 radical (unpaired) electrons. The van der Waals surface area contributed by atoms with Crippen molar-refractivity contribution >= 4 is 27.5 Å². The number of fused-ring (bicyclic) bond motifs is 1. The van der Waals surface area contributed by atoms with Gasteiger partial charge in [-0.3, -0.25) is 4.79 Å². The fraction of sp³-hybridized carbons (Fsp3) is 0.500. The van der Waals surface area contributed by atoms with Gasteiger partial charge in [-0.25, -0.2) is 0 Å². The molecular formula is C14H19BrN2O3. The zero-order valence-electron chi connectivity index (χ0n) is 11.4. The highest BCUT2D eigenvalue weighted by Crippen LogP contribution is 2.38. The van der Waals surface area contributed by atoms with Gasteiger partial charge in [-0.15, -0.1) is 0 Å². The Morgan fingerprint density at radius 1 is 1.40 bits per heavy atom. The SMILES string of the molecule is CC(CN)CCC(=O)Nc1cc2c(cc1Br)OCCO2. The summed E-state index contributed by atoms with van der Waals surface area (Å²) in [6.45, 7) is 3.70. The molecule has 1 unspecified atom stereocenters. The number of hydrogen-bond acceptors (Lipinski definition) is 4. The molecule has 6 heteroatoms. The van der Waals surface area contributed by atoms with Crippen LogP contribution >= 0.6 is 15.9 Å². The molecule has 1 aliphatic rings.